The SMILES string of the molecule is CN(CCN)c1ccc(C#N)cc1. The van der Waals surface area contributed by atoms with Gasteiger partial charge in [0.05, 0.1) is 11.6 Å². The molecule has 1 rings (SSSR count). The molecule has 2 N–H and O–H groups in total. The molecule has 0 heterocycles. The number of hydrogen-bond acceptors (Lipinski definition) is 3. The molecule has 68 valence electrons. The fourth-order valence-electron chi connectivity index (χ4n) is 1.11. The number of nitrogens with zero attached hydrogens (tertiary/aromatic N) is 2. The first-order valence-electron chi connectivity index (χ1n) is 4.19. The van der Waals surface area contributed by atoms with Crippen LogP contribution >= 0.6 is 0 Å². The first-order valence-corrected chi connectivity index (χ1v) is 4.19. The largest absolute Gasteiger partial charge is 0.373 e. The van der Waals surface area contributed by atoms with Crippen molar-refractivity contribution in [3.8, 4) is 6.07 Å². The van der Waals surface area contributed by atoms with Crippen molar-refractivity contribution < 1.29 is 0 Å². The highest BCUT2D eigenvalue weighted by molar-refractivity contribution is 5.48. The minimum atomic E-state index is 0.635. The van der Waals surface area contributed by atoms with Crippen LogP contribution in [0.5, 0.6) is 0 Å². The van der Waals surface area contributed by atoms with Gasteiger partial charge < -0.3 is 10.6 Å². The minimum absolute atomic E-state index is 0.635. The van der Waals surface area contributed by atoms with E-state index in [0.717, 1.165) is 12.2 Å². The van der Waals surface area contributed by atoms with E-state index in [1.807, 2.05) is 31.3 Å². The Bertz CT molecular complexity index is 297. The molecule has 13 heavy (non-hydrogen) atoms. The second-order valence-corrected chi connectivity index (χ2v) is 2.87. The molecule has 0 aliphatic heterocycles. The Morgan fingerprint density at radius 1 is 1.38 bits per heavy atom. The van der Waals surface area contributed by atoms with E-state index in [-0.39, 0.29) is 0 Å². The third kappa shape index (κ3) is 2.46. The molecule has 0 fully saturated rings. The van der Waals surface area contributed by atoms with Crippen LogP contribution in [0.1, 0.15) is 5.56 Å². The van der Waals surface area contributed by atoms with Gasteiger partial charge in [0.15, 0.2) is 0 Å². The van der Waals surface area contributed by atoms with E-state index in [1.54, 1.807) is 0 Å². The lowest BCUT2D eigenvalue weighted by Gasteiger charge is -2.17. The summed E-state index contributed by atoms with van der Waals surface area (Å²) in [6.45, 7) is 1.46. The van der Waals surface area contributed by atoms with E-state index >= 15 is 0 Å². The number of nitriles is 1. The zero-order valence-electron chi connectivity index (χ0n) is 7.70. The second kappa shape index (κ2) is 4.48. The summed E-state index contributed by atoms with van der Waals surface area (Å²) in [5.74, 6) is 0. The Kier molecular flexibility index (Phi) is 3.30. The van der Waals surface area contributed by atoms with Gasteiger partial charge in [-0.05, 0) is 24.3 Å². The van der Waals surface area contributed by atoms with Crippen molar-refractivity contribution in [1.29, 1.82) is 5.26 Å². The van der Waals surface area contributed by atoms with Crippen molar-refractivity contribution in [1.82, 2.24) is 0 Å². The van der Waals surface area contributed by atoms with Crippen LogP contribution in [0.25, 0.3) is 0 Å². The predicted octanol–water partition coefficient (Wildman–Crippen LogP) is 0.953. The van der Waals surface area contributed by atoms with Crippen LogP contribution in [0.3, 0.4) is 0 Å². The maximum atomic E-state index is 8.59. The van der Waals surface area contributed by atoms with Crippen LogP contribution in [0.4, 0.5) is 5.69 Å². The van der Waals surface area contributed by atoms with E-state index in [0.29, 0.717) is 12.1 Å². The molecule has 0 aliphatic rings. The summed E-state index contributed by atoms with van der Waals surface area (Å²) in [5.41, 5.74) is 7.20. The molecule has 0 saturated carbocycles. The van der Waals surface area contributed by atoms with Crippen molar-refractivity contribution >= 4 is 5.69 Å². The summed E-state index contributed by atoms with van der Waals surface area (Å²) in [6, 6.07) is 9.55. The third-order valence-electron chi connectivity index (χ3n) is 1.90. The summed E-state index contributed by atoms with van der Waals surface area (Å²) in [5, 5.41) is 8.59. The average Bonchev–Trinajstić information content (AvgIpc) is 2.18. The fraction of sp³-hybridized carbons (Fsp3) is 0.300. The lowest BCUT2D eigenvalue weighted by molar-refractivity contribution is 0.886. The summed E-state index contributed by atoms with van der Waals surface area (Å²) >= 11 is 0. The summed E-state index contributed by atoms with van der Waals surface area (Å²) in [4.78, 5) is 2.06. The Hall–Kier alpha value is -1.53. The summed E-state index contributed by atoms with van der Waals surface area (Å²) in [7, 11) is 1.98. The molecule has 1 aromatic rings. The number of anilines is 1. The highest BCUT2D eigenvalue weighted by Crippen LogP contribution is 2.12. The Balaban J connectivity index is 2.75. The van der Waals surface area contributed by atoms with E-state index < -0.39 is 0 Å². The predicted molar refractivity (Wildman–Crippen MR) is 53.5 cm³/mol. The molecule has 0 spiro atoms. The molecule has 1 aromatic carbocycles. The van der Waals surface area contributed by atoms with Crippen molar-refractivity contribution in [3.05, 3.63) is 29.8 Å². The van der Waals surface area contributed by atoms with E-state index in [1.165, 1.54) is 0 Å². The Morgan fingerprint density at radius 2 is 2.00 bits per heavy atom. The monoisotopic (exact) mass is 175 g/mol. The van der Waals surface area contributed by atoms with Crippen molar-refractivity contribution in [2.45, 2.75) is 0 Å². The highest BCUT2D eigenvalue weighted by Gasteiger charge is 1.98. The molecule has 0 aliphatic carbocycles. The summed E-state index contributed by atoms with van der Waals surface area (Å²) in [6.07, 6.45) is 0. The van der Waals surface area contributed by atoms with Gasteiger partial charge in [0, 0.05) is 25.8 Å². The molecule has 0 unspecified atom stereocenters. The van der Waals surface area contributed by atoms with Crippen LogP contribution in [-0.4, -0.2) is 20.1 Å². The third-order valence-corrected chi connectivity index (χ3v) is 1.90. The standard InChI is InChI=1S/C10H13N3/c1-13(7-6-11)10-4-2-9(8-12)3-5-10/h2-5H,6-7,11H2,1H3. The van der Waals surface area contributed by atoms with Gasteiger partial charge in [-0.15, -0.1) is 0 Å². The maximum Gasteiger partial charge on any atom is 0.0991 e. The van der Waals surface area contributed by atoms with Crippen molar-refractivity contribution in [2.24, 2.45) is 5.73 Å². The fourth-order valence-corrected chi connectivity index (χ4v) is 1.11. The molecule has 0 amide bonds. The van der Waals surface area contributed by atoms with Gasteiger partial charge in [0.2, 0.25) is 0 Å². The lowest BCUT2D eigenvalue weighted by atomic mass is 10.2. The number of rotatable bonds is 3. The smallest absolute Gasteiger partial charge is 0.0991 e. The van der Waals surface area contributed by atoms with Gasteiger partial charge in [-0.3, -0.25) is 0 Å². The highest BCUT2D eigenvalue weighted by atomic mass is 15.1. The van der Waals surface area contributed by atoms with Crippen LogP contribution in [0.15, 0.2) is 24.3 Å². The molecule has 3 heteroatoms. The molecular formula is C10H13N3. The minimum Gasteiger partial charge on any atom is -0.373 e. The van der Waals surface area contributed by atoms with Gasteiger partial charge in [0.1, 0.15) is 0 Å². The molecule has 0 saturated heterocycles. The van der Waals surface area contributed by atoms with Crippen LogP contribution in [0, 0.1) is 11.3 Å². The molecule has 0 aromatic heterocycles. The first kappa shape index (κ1) is 9.56. The lowest BCUT2D eigenvalue weighted by Crippen LogP contribution is -2.24. The molecule has 0 bridgehead atoms. The zero-order chi connectivity index (χ0) is 9.68. The number of nitrogens with two attached hydrogens (primary N) is 1. The quantitative estimate of drug-likeness (QED) is 0.744. The van der Waals surface area contributed by atoms with Gasteiger partial charge in [-0.25, -0.2) is 0 Å². The number of benzene rings is 1. The zero-order valence-corrected chi connectivity index (χ0v) is 7.70. The normalized spacial score (nSPS) is 9.31. The number of likely N-dealkylation sites (N-methyl/N-ethyl adjacent to an activating group) is 1. The Labute approximate surface area is 78.4 Å². The maximum absolute atomic E-state index is 8.59. The van der Waals surface area contributed by atoms with Crippen LogP contribution < -0.4 is 10.6 Å². The van der Waals surface area contributed by atoms with Crippen molar-refractivity contribution in [2.75, 3.05) is 25.0 Å². The van der Waals surface area contributed by atoms with E-state index in [9.17, 15) is 0 Å². The molecule has 0 atom stereocenters. The van der Waals surface area contributed by atoms with E-state index in [4.69, 9.17) is 11.0 Å². The van der Waals surface area contributed by atoms with E-state index in [2.05, 4.69) is 11.0 Å². The second-order valence-electron chi connectivity index (χ2n) is 2.87. The van der Waals surface area contributed by atoms with Gasteiger partial charge in [0.25, 0.3) is 0 Å². The van der Waals surface area contributed by atoms with Crippen LogP contribution in [0.2, 0.25) is 0 Å². The number of hydrogen-bond donors (Lipinski definition) is 1. The average molecular weight is 175 g/mol. The first-order chi connectivity index (χ1) is 6.27. The summed E-state index contributed by atoms with van der Waals surface area (Å²) < 4.78 is 0. The van der Waals surface area contributed by atoms with Crippen molar-refractivity contribution in [3.63, 3.8) is 0 Å². The molecule has 0 radical (unpaired) electrons. The van der Waals surface area contributed by atoms with Crippen LogP contribution in [-0.2, 0) is 0 Å². The Morgan fingerprint density at radius 3 is 2.46 bits per heavy atom. The van der Waals surface area contributed by atoms with Gasteiger partial charge in [-0.1, -0.05) is 0 Å². The molecular weight excluding hydrogens is 162 g/mol. The molecule has 3 nitrogen and oxygen atoms in total. The topological polar surface area (TPSA) is 53.0 Å². The van der Waals surface area contributed by atoms with Gasteiger partial charge >= 0.3 is 0 Å². The van der Waals surface area contributed by atoms with Gasteiger partial charge in [-0.2, -0.15) is 5.26 Å².